The highest BCUT2D eigenvalue weighted by molar-refractivity contribution is 5.22. The third-order valence-corrected chi connectivity index (χ3v) is 3.78. The van der Waals surface area contributed by atoms with Crippen LogP contribution in [0.3, 0.4) is 0 Å². The lowest BCUT2D eigenvalue weighted by atomic mass is 10.0. The molecule has 1 N–H and O–H groups in total. The van der Waals surface area contributed by atoms with E-state index in [1.807, 2.05) is 0 Å². The van der Waals surface area contributed by atoms with Crippen molar-refractivity contribution in [2.75, 3.05) is 6.61 Å². The van der Waals surface area contributed by atoms with E-state index in [1.54, 1.807) is 0 Å². The van der Waals surface area contributed by atoms with Gasteiger partial charge in [-0.3, -0.25) is 0 Å². The van der Waals surface area contributed by atoms with Gasteiger partial charge in [-0.15, -0.1) is 0 Å². The fourth-order valence-electron chi connectivity index (χ4n) is 2.39. The first-order chi connectivity index (χ1) is 10.9. The van der Waals surface area contributed by atoms with Crippen molar-refractivity contribution < 1.29 is 5.11 Å². The summed E-state index contributed by atoms with van der Waals surface area (Å²) in [5.41, 5.74) is 5.39. The summed E-state index contributed by atoms with van der Waals surface area (Å²) in [7, 11) is 0. The maximum atomic E-state index is 8.85. The summed E-state index contributed by atoms with van der Waals surface area (Å²) < 4.78 is 0. The molecule has 0 unspecified atom stereocenters. The molecule has 0 aliphatic carbocycles. The number of aryl methyl sites for hydroxylation is 2. The van der Waals surface area contributed by atoms with E-state index in [0.29, 0.717) is 5.92 Å². The van der Waals surface area contributed by atoms with Gasteiger partial charge in [0, 0.05) is 6.61 Å². The lowest BCUT2D eigenvalue weighted by Gasteiger charge is -2.07. The van der Waals surface area contributed by atoms with Gasteiger partial charge in [0.1, 0.15) is 0 Å². The Balaban J connectivity index is 0.000000231. The molecule has 2 rings (SSSR count). The summed E-state index contributed by atoms with van der Waals surface area (Å²) in [6, 6.07) is 17.3. The first-order valence-corrected chi connectivity index (χ1v) is 8.62. The lowest BCUT2D eigenvalue weighted by molar-refractivity contribution is 0.237. The van der Waals surface area contributed by atoms with Crippen LogP contribution in [0.4, 0.5) is 0 Å². The normalized spacial score (nSPS) is 11.8. The van der Waals surface area contributed by atoms with E-state index >= 15 is 0 Å². The molecule has 0 amide bonds. The van der Waals surface area contributed by atoms with Gasteiger partial charge < -0.3 is 5.11 Å². The zero-order valence-corrected chi connectivity index (χ0v) is 15.3. The van der Waals surface area contributed by atoms with Crippen LogP contribution in [0, 0.1) is 25.7 Å². The van der Waals surface area contributed by atoms with E-state index in [9.17, 15) is 0 Å². The molecule has 0 aliphatic heterocycles. The van der Waals surface area contributed by atoms with E-state index < -0.39 is 0 Å². The number of rotatable bonds is 5. The van der Waals surface area contributed by atoms with Crippen LogP contribution >= 0.6 is 0 Å². The molecule has 126 valence electrons. The standard InChI is InChI=1S/C11H16O.C11H16/c1-9-3-5-11(6-4-9)7-10(2)8-12;1-9(2)8-11-6-4-10(3)5-7-11/h3-6,10,12H,7-8H2,1-2H3;4-7,9H,8H2,1-3H3/t10-;/m0./s1. The van der Waals surface area contributed by atoms with Crippen molar-refractivity contribution in [2.45, 2.75) is 47.5 Å². The van der Waals surface area contributed by atoms with Gasteiger partial charge in [-0.2, -0.15) is 0 Å². The number of aliphatic hydroxyl groups excluding tert-OH is 1. The summed E-state index contributed by atoms with van der Waals surface area (Å²) in [5.74, 6) is 1.13. The topological polar surface area (TPSA) is 20.2 Å². The summed E-state index contributed by atoms with van der Waals surface area (Å²) >= 11 is 0. The molecular weight excluding hydrogens is 280 g/mol. The van der Waals surface area contributed by atoms with Crippen LogP contribution in [-0.2, 0) is 12.8 Å². The molecule has 23 heavy (non-hydrogen) atoms. The van der Waals surface area contributed by atoms with Crippen molar-refractivity contribution in [3.8, 4) is 0 Å². The van der Waals surface area contributed by atoms with Crippen molar-refractivity contribution in [1.82, 2.24) is 0 Å². The minimum absolute atomic E-state index is 0.272. The smallest absolute Gasteiger partial charge is 0.0459 e. The van der Waals surface area contributed by atoms with Crippen molar-refractivity contribution in [1.29, 1.82) is 0 Å². The quantitative estimate of drug-likeness (QED) is 0.788. The fourth-order valence-corrected chi connectivity index (χ4v) is 2.39. The predicted octanol–water partition coefficient (Wildman–Crippen LogP) is 5.36. The highest BCUT2D eigenvalue weighted by Gasteiger charge is 2.00. The van der Waals surface area contributed by atoms with Crippen molar-refractivity contribution in [3.63, 3.8) is 0 Å². The summed E-state index contributed by atoms with van der Waals surface area (Å²) in [4.78, 5) is 0. The van der Waals surface area contributed by atoms with Gasteiger partial charge in [-0.05, 0) is 49.7 Å². The third-order valence-electron chi connectivity index (χ3n) is 3.78. The lowest BCUT2D eigenvalue weighted by Crippen LogP contribution is -2.04. The highest BCUT2D eigenvalue weighted by atomic mass is 16.3. The van der Waals surface area contributed by atoms with Crippen LogP contribution in [0.2, 0.25) is 0 Å². The summed E-state index contributed by atoms with van der Waals surface area (Å²) in [6.45, 7) is 11.0. The summed E-state index contributed by atoms with van der Waals surface area (Å²) in [6.07, 6.45) is 2.16. The van der Waals surface area contributed by atoms with Gasteiger partial charge >= 0.3 is 0 Å². The van der Waals surface area contributed by atoms with Gasteiger partial charge in [0.25, 0.3) is 0 Å². The molecule has 2 aromatic carbocycles. The molecule has 0 aromatic heterocycles. The van der Waals surface area contributed by atoms with Crippen molar-refractivity contribution in [2.24, 2.45) is 11.8 Å². The Labute approximate surface area is 142 Å². The minimum atomic E-state index is 0.272. The largest absolute Gasteiger partial charge is 0.396 e. The van der Waals surface area contributed by atoms with Gasteiger partial charge in [0.05, 0.1) is 0 Å². The molecule has 1 heteroatoms. The second kappa shape index (κ2) is 10.2. The van der Waals surface area contributed by atoms with E-state index in [1.165, 1.54) is 28.7 Å². The van der Waals surface area contributed by atoms with Gasteiger partial charge in [0.2, 0.25) is 0 Å². The van der Waals surface area contributed by atoms with Gasteiger partial charge in [0.15, 0.2) is 0 Å². The second-order valence-electron chi connectivity index (χ2n) is 7.06. The molecule has 0 spiro atoms. The molecule has 1 atom stereocenters. The van der Waals surface area contributed by atoms with Gasteiger partial charge in [-0.1, -0.05) is 80.4 Å². The average molecular weight is 312 g/mol. The van der Waals surface area contributed by atoms with Crippen molar-refractivity contribution >= 4 is 0 Å². The highest BCUT2D eigenvalue weighted by Crippen LogP contribution is 2.09. The molecule has 0 heterocycles. The number of hydrogen-bond donors (Lipinski definition) is 1. The van der Waals surface area contributed by atoms with E-state index in [0.717, 1.165) is 12.3 Å². The maximum absolute atomic E-state index is 8.85. The molecule has 2 aromatic rings. The molecule has 0 fully saturated rings. The fraction of sp³-hybridized carbons (Fsp3) is 0.455. The molecule has 0 bridgehead atoms. The molecule has 0 radical (unpaired) electrons. The Morgan fingerprint density at radius 1 is 0.696 bits per heavy atom. The van der Waals surface area contributed by atoms with Crippen LogP contribution in [0.15, 0.2) is 48.5 Å². The third kappa shape index (κ3) is 8.56. The van der Waals surface area contributed by atoms with Crippen LogP contribution < -0.4 is 0 Å². The molecule has 0 saturated carbocycles. The van der Waals surface area contributed by atoms with Crippen LogP contribution in [0.1, 0.15) is 43.0 Å². The average Bonchev–Trinajstić information content (AvgIpc) is 2.52. The SMILES string of the molecule is Cc1ccc(CC(C)C)cc1.Cc1ccc(C[C@H](C)CO)cc1. The van der Waals surface area contributed by atoms with Crippen LogP contribution in [0.25, 0.3) is 0 Å². The molecule has 0 aliphatic rings. The maximum Gasteiger partial charge on any atom is 0.0459 e. The monoisotopic (exact) mass is 312 g/mol. The first-order valence-electron chi connectivity index (χ1n) is 8.62. The van der Waals surface area contributed by atoms with E-state index in [2.05, 4.69) is 83.1 Å². The zero-order valence-electron chi connectivity index (χ0n) is 15.3. The van der Waals surface area contributed by atoms with E-state index in [-0.39, 0.29) is 6.61 Å². The van der Waals surface area contributed by atoms with Crippen LogP contribution in [0.5, 0.6) is 0 Å². The first kappa shape index (κ1) is 19.4. The minimum Gasteiger partial charge on any atom is -0.396 e. The van der Waals surface area contributed by atoms with Crippen LogP contribution in [-0.4, -0.2) is 11.7 Å². The molecule has 1 nitrogen and oxygen atoms in total. The molecule has 0 saturated heterocycles. The Morgan fingerprint density at radius 2 is 1.09 bits per heavy atom. The number of hydrogen-bond acceptors (Lipinski definition) is 1. The Bertz CT molecular complexity index is 537. The second-order valence-corrected chi connectivity index (χ2v) is 7.06. The number of aliphatic hydroxyl groups is 1. The van der Waals surface area contributed by atoms with Gasteiger partial charge in [-0.25, -0.2) is 0 Å². The molecular formula is C22H32O. The summed E-state index contributed by atoms with van der Waals surface area (Å²) in [5, 5.41) is 8.85. The predicted molar refractivity (Wildman–Crippen MR) is 101 cm³/mol. The zero-order chi connectivity index (χ0) is 17.2. The van der Waals surface area contributed by atoms with Crippen molar-refractivity contribution in [3.05, 3.63) is 70.8 Å². The Kier molecular flexibility index (Phi) is 8.65. The Morgan fingerprint density at radius 3 is 1.43 bits per heavy atom. The Hall–Kier alpha value is -1.60. The number of benzene rings is 2. The van der Waals surface area contributed by atoms with E-state index in [4.69, 9.17) is 5.11 Å².